The number of nitrogens with zero attached hydrogens (tertiary/aromatic N) is 1. The first-order valence-corrected chi connectivity index (χ1v) is 6.37. The molecule has 17 heavy (non-hydrogen) atoms. The lowest BCUT2D eigenvalue weighted by molar-refractivity contribution is 0.215. The van der Waals surface area contributed by atoms with Crippen LogP contribution >= 0.6 is 11.9 Å². The summed E-state index contributed by atoms with van der Waals surface area (Å²) in [6.45, 7) is 3.53. The molecule has 1 aromatic carbocycles. The second-order valence-electron chi connectivity index (χ2n) is 4.41. The number of halogens is 1. The monoisotopic (exact) mass is 256 g/mol. The van der Waals surface area contributed by atoms with Crippen LogP contribution in [0.3, 0.4) is 0 Å². The van der Waals surface area contributed by atoms with E-state index in [-0.39, 0.29) is 0 Å². The Morgan fingerprint density at radius 2 is 1.76 bits per heavy atom. The van der Waals surface area contributed by atoms with Crippen LogP contribution in [0.1, 0.15) is 18.4 Å². The zero-order chi connectivity index (χ0) is 12.5. The topological polar surface area (TPSA) is 49.5 Å². The van der Waals surface area contributed by atoms with Gasteiger partial charge >= 0.3 is 0 Å². The van der Waals surface area contributed by atoms with Gasteiger partial charge in [0.2, 0.25) is 0 Å². The van der Waals surface area contributed by atoms with Crippen molar-refractivity contribution >= 4 is 11.9 Å². The maximum absolute atomic E-state index is 6.47. The lowest BCUT2D eigenvalue weighted by Gasteiger charge is -2.29. The molecule has 0 saturated carbocycles. The summed E-state index contributed by atoms with van der Waals surface area (Å²) in [4.78, 5) is 2.52. The van der Waals surface area contributed by atoms with E-state index in [1.165, 1.54) is 25.2 Å². The first-order valence-electron chi connectivity index (χ1n) is 6.03. The zero-order valence-corrected chi connectivity index (χ0v) is 10.8. The van der Waals surface area contributed by atoms with Crippen molar-refractivity contribution in [1.82, 2.24) is 4.90 Å². The molecule has 0 aliphatic carbocycles. The molecule has 0 unspecified atom stereocenters. The van der Waals surface area contributed by atoms with Gasteiger partial charge in [-0.05, 0) is 37.9 Å². The van der Waals surface area contributed by atoms with Gasteiger partial charge < -0.3 is 10.6 Å². The molecule has 0 amide bonds. The number of rotatable bonds is 3. The molecule has 0 spiro atoms. The molecule has 0 bridgehead atoms. The van der Waals surface area contributed by atoms with Crippen molar-refractivity contribution in [3.8, 4) is 0 Å². The highest BCUT2D eigenvalue weighted by Gasteiger charge is 2.15. The van der Waals surface area contributed by atoms with Crippen molar-refractivity contribution in [3.63, 3.8) is 0 Å². The zero-order valence-electron chi connectivity index (χ0n) is 10.1. The summed E-state index contributed by atoms with van der Waals surface area (Å²) in [7, 11) is 0. The Balaban J connectivity index is 0.000000686. The van der Waals surface area contributed by atoms with E-state index in [1.54, 1.807) is 0 Å². The summed E-state index contributed by atoms with van der Waals surface area (Å²) in [6.07, 6.45) is 3.49. The Morgan fingerprint density at radius 3 is 2.35 bits per heavy atom. The number of hydrogen-bond acceptors (Lipinski definition) is 3. The second-order valence-corrected chi connectivity index (χ2v) is 4.41. The number of likely N-dealkylation sites (tertiary alicyclic amines) is 1. The predicted octanol–water partition coefficient (Wildman–Crippen LogP) is 1.78. The number of nitrogens with two attached hydrogens (primary N) is 1. The minimum Gasteiger partial charge on any atom is -0.328 e. The first kappa shape index (κ1) is 14.5. The summed E-state index contributed by atoms with van der Waals surface area (Å²) in [5.41, 5.74) is 7.31. The fourth-order valence-electron chi connectivity index (χ4n) is 2.11. The van der Waals surface area contributed by atoms with Crippen LogP contribution in [-0.4, -0.2) is 35.2 Å². The molecule has 0 aromatic heterocycles. The summed E-state index contributed by atoms with van der Waals surface area (Å²) >= 11 is 3.64. The molecule has 0 radical (unpaired) electrons. The Hall–Kier alpha value is -0.610. The molecular weight excluding hydrogens is 236 g/mol. The highest BCUT2D eigenvalue weighted by molar-refractivity contribution is 6.04. The molecule has 1 aliphatic heterocycles. The van der Waals surface area contributed by atoms with Crippen LogP contribution in [0, 0.1) is 0 Å². The van der Waals surface area contributed by atoms with Gasteiger partial charge in [-0.1, -0.05) is 30.3 Å². The normalized spacial score (nSPS) is 17.4. The van der Waals surface area contributed by atoms with Gasteiger partial charge in [0.1, 0.15) is 0 Å². The number of piperidine rings is 1. The highest BCUT2D eigenvalue weighted by Crippen LogP contribution is 2.09. The van der Waals surface area contributed by atoms with Crippen LogP contribution < -0.4 is 5.73 Å². The SMILES string of the molecule is NC1CCN(CCc2ccccc2)CC1.OCl. The van der Waals surface area contributed by atoms with Crippen molar-refractivity contribution in [2.45, 2.75) is 25.3 Å². The van der Waals surface area contributed by atoms with E-state index >= 15 is 0 Å². The van der Waals surface area contributed by atoms with Crippen molar-refractivity contribution in [3.05, 3.63) is 35.9 Å². The van der Waals surface area contributed by atoms with Crippen molar-refractivity contribution in [2.24, 2.45) is 5.73 Å². The highest BCUT2D eigenvalue weighted by atomic mass is 35.5. The van der Waals surface area contributed by atoms with Gasteiger partial charge in [0.05, 0.1) is 11.9 Å². The maximum Gasteiger partial charge on any atom is 0.0579 e. The summed E-state index contributed by atoms with van der Waals surface area (Å²) < 4.78 is 6.47. The predicted molar refractivity (Wildman–Crippen MR) is 71.9 cm³/mol. The molecule has 96 valence electrons. The van der Waals surface area contributed by atoms with E-state index in [4.69, 9.17) is 10.4 Å². The first-order chi connectivity index (χ1) is 8.34. The molecule has 1 fully saturated rings. The Kier molecular flexibility index (Phi) is 7.21. The van der Waals surface area contributed by atoms with Crippen LogP contribution in [0.15, 0.2) is 30.3 Å². The molecule has 2 rings (SSSR count). The number of benzene rings is 1. The number of hydrogen-bond donors (Lipinski definition) is 2. The lowest BCUT2D eigenvalue weighted by Crippen LogP contribution is -2.40. The summed E-state index contributed by atoms with van der Waals surface area (Å²) in [6, 6.07) is 11.1. The fraction of sp³-hybridized carbons (Fsp3) is 0.538. The van der Waals surface area contributed by atoms with Crippen LogP contribution in [0.5, 0.6) is 0 Å². The third-order valence-corrected chi connectivity index (χ3v) is 3.19. The van der Waals surface area contributed by atoms with Crippen LogP contribution in [0.4, 0.5) is 0 Å². The minimum atomic E-state index is 0.443. The molecule has 3 nitrogen and oxygen atoms in total. The Morgan fingerprint density at radius 1 is 1.18 bits per heavy atom. The third kappa shape index (κ3) is 5.50. The van der Waals surface area contributed by atoms with E-state index in [9.17, 15) is 0 Å². The van der Waals surface area contributed by atoms with Gasteiger partial charge in [-0.2, -0.15) is 0 Å². The van der Waals surface area contributed by atoms with Gasteiger partial charge in [-0.3, -0.25) is 4.66 Å². The molecule has 4 heteroatoms. The van der Waals surface area contributed by atoms with Gasteiger partial charge in [0.25, 0.3) is 0 Å². The standard InChI is InChI=1S/C13H20N2.ClHO/c14-13-7-10-15(11-8-13)9-6-12-4-2-1-3-5-12;1-2/h1-5,13H,6-11,14H2;2H. The van der Waals surface area contributed by atoms with Gasteiger partial charge in [0, 0.05) is 12.6 Å². The lowest BCUT2D eigenvalue weighted by atomic mass is 10.1. The van der Waals surface area contributed by atoms with Crippen molar-refractivity contribution in [2.75, 3.05) is 19.6 Å². The summed E-state index contributed by atoms with van der Waals surface area (Å²) in [5, 5.41) is 0. The average molecular weight is 257 g/mol. The minimum absolute atomic E-state index is 0.443. The molecule has 1 saturated heterocycles. The Bertz CT molecular complexity index is 287. The van der Waals surface area contributed by atoms with E-state index in [0.29, 0.717) is 6.04 Å². The van der Waals surface area contributed by atoms with E-state index in [1.807, 2.05) is 0 Å². The Labute approximate surface area is 108 Å². The largest absolute Gasteiger partial charge is 0.328 e. The van der Waals surface area contributed by atoms with Crippen molar-refractivity contribution in [1.29, 1.82) is 0 Å². The van der Waals surface area contributed by atoms with Gasteiger partial charge in [0.15, 0.2) is 0 Å². The maximum atomic E-state index is 6.47. The average Bonchev–Trinajstić information content (AvgIpc) is 2.42. The summed E-state index contributed by atoms with van der Waals surface area (Å²) in [5.74, 6) is 0. The smallest absolute Gasteiger partial charge is 0.0579 e. The molecule has 0 atom stereocenters. The van der Waals surface area contributed by atoms with Crippen LogP contribution in [0.2, 0.25) is 0 Å². The molecular formula is C13H21ClN2O. The van der Waals surface area contributed by atoms with E-state index in [0.717, 1.165) is 19.3 Å². The quantitative estimate of drug-likeness (QED) is 0.867. The van der Waals surface area contributed by atoms with Gasteiger partial charge in [-0.15, -0.1) is 0 Å². The molecule has 3 N–H and O–H groups in total. The van der Waals surface area contributed by atoms with E-state index < -0.39 is 0 Å². The van der Waals surface area contributed by atoms with Crippen LogP contribution in [0.25, 0.3) is 0 Å². The van der Waals surface area contributed by atoms with Gasteiger partial charge in [-0.25, -0.2) is 0 Å². The molecule has 1 aliphatic rings. The fourth-order valence-corrected chi connectivity index (χ4v) is 2.11. The van der Waals surface area contributed by atoms with Crippen LogP contribution in [-0.2, 0) is 6.42 Å². The second kappa shape index (κ2) is 8.48. The third-order valence-electron chi connectivity index (χ3n) is 3.19. The molecule has 1 aromatic rings. The van der Waals surface area contributed by atoms with Crippen molar-refractivity contribution < 1.29 is 4.66 Å². The van der Waals surface area contributed by atoms with E-state index in [2.05, 4.69) is 47.1 Å². The molecule has 1 heterocycles.